The molecule has 0 spiro atoms. The Morgan fingerprint density at radius 2 is 2.50 bits per heavy atom. The zero-order chi connectivity index (χ0) is 13.0. The van der Waals surface area contributed by atoms with Crippen LogP contribution in [0, 0.1) is 17.2 Å². The third-order valence-electron chi connectivity index (χ3n) is 2.84. The Morgan fingerprint density at radius 1 is 1.67 bits per heavy atom. The number of allylic oxidation sites excluding steroid dienone is 1. The van der Waals surface area contributed by atoms with Crippen molar-refractivity contribution in [3.8, 4) is 6.07 Å². The van der Waals surface area contributed by atoms with Gasteiger partial charge in [-0.15, -0.1) is 11.6 Å². The normalized spacial score (nSPS) is 20.0. The lowest BCUT2D eigenvalue weighted by Gasteiger charge is -2.18. The van der Waals surface area contributed by atoms with Gasteiger partial charge in [0, 0.05) is 31.1 Å². The van der Waals surface area contributed by atoms with E-state index in [0.717, 1.165) is 0 Å². The number of alkyl halides is 1. The van der Waals surface area contributed by atoms with E-state index in [-0.39, 0.29) is 11.8 Å². The van der Waals surface area contributed by atoms with Crippen LogP contribution in [-0.4, -0.2) is 28.2 Å². The molecular weight excluding hydrogens is 250 g/mol. The van der Waals surface area contributed by atoms with Crippen LogP contribution in [0.2, 0.25) is 0 Å². The zero-order valence-corrected chi connectivity index (χ0v) is 10.5. The van der Waals surface area contributed by atoms with Crippen molar-refractivity contribution in [3.63, 3.8) is 0 Å². The number of hydrogen-bond acceptors (Lipinski definition) is 3. The number of hydrogen-bond donors (Lipinski definition) is 0. The van der Waals surface area contributed by atoms with Crippen molar-refractivity contribution in [3.05, 3.63) is 36.2 Å². The van der Waals surface area contributed by atoms with Gasteiger partial charge in [0.1, 0.15) is 0 Å². The Kier molecular flexibility index (Phi) is 3.96. The van der Waals surface area contributed by atoms with E-state index >= 15 is 0 Å². The number of nitriles is 1. The molecule has 0 radical (unpaired) electrons. The molecule has 1 atom stereocenters. The lowest BCUT2D eigenvalue weighted by atomic mass is 10.1. The third-order valence-corrected chi connectivity index (χ3v) is 3.28. The van der Waals surface area contributed by atoms with Crippen LogP contribution in [0.25, 0.3) is 5.70 Å². The highest BCUT2D eigenvalue weighted by molar-refractivity contribution is 6.18. The molecular formula is C13H12ClN3O. The maximum Gasteiger partial charge on any atom is 0.227 e. The smallest absolute Gasteiger partial charge is 0.227 e. The van der Waals surface area contributed by atoms with Gasteiger partial charge in [-0.1, -0.05) is 6.07 Å². The molecule has 5 heteroatoms. The van der Waals surface area contributed by atoms with Crippen LogP contribution in [0.5, 0.6) is 0 Å². The van der Waals surface area contributed by atoms with Gasteiger partial charge in [-0.05, 0) is 18.1 Å². The van der Waals surface area contributed by atoms with E-state index < -0.39 is 0 Å². The van der Waals surface area contributed by atoms with Crippen LogP contribution >= 0.6 is 11.6 Å². The van der Waals surface area contributed by atoms with E-state index in [2.05, 4.69) is 4.98 Å². The highest BCUT2D eigenvalue weighted by Gasteiger charge is 2.32. The summed E-state index contributed by atoms with van der Waals surface area (Å²) in [5.41, 5.74) is 1.18. The van der Waals surface area contributed by atoms with Gasteiger partial charge >= 0.3 is 0 Å². The Labute approximate surface area is 110 Å². The average Bonchev–Trinajstić information content (AvgIpc) is 2.78. The summed E-state index contributed by atoms with van der Waals surface area (Å²) in [6.45, 7) is 0.548. The molecule has 1 amide bonds. The number of nitrogens with zero attached hydrogens (tertiary/aromatic N) is 3. The monoisotopic (exact) mass is 261 g/mol. The van der Waals surface area contributed by atoms with Crippen molar-refractivity contribution < 1.29 is 4.79 Å². The molecule has 2 heterocycles. The minimum atomic E-state index is -0.00666. The summed E-state index contributed by atoms with van der Waals surface area (Å²) in [5.74, 6) is 0.586. The van der Waals surface area contributed by atoms with Crippen molar-refractivity contribution in [1.82, 2.24) is 9.88 Å². The molecule has 4 nitrogen and oxygen atoms in total. The molecule has 1 aliphatic heterocycles. The first-order chi connectivity index (χ1) is 8.76. The first kappa shape index (κ1) is 12.6. The molecule has 1 aromatic rings. The van der Waals surface area contributed by atoms with Gasteiger partial charge in [0.05, 0.1) is 17.5 Å². The van der Waals surface area contributed by atoms with E-state index in [4.69, 9.17) is 16.9 Å². The predicted molar refractivity (Wildman–Crippen MR) is 68.4 cm³/mol. The maximum atomic E-state index is 11.9. The number of pyridine rings is 1. The molecule has 0 aliphatic carbocycles. The summed E-state index contributed by atoms with van der Waals surface area (Å²) in [5, 5.41) is 8.85. The number of rotatable bonds is 3. The fourth-order valence-corrected chi connectivity index (χ4v) is 2.19. The van der Waals surface area contributed by atoms with E-state index in [9.17, 15) is 4.79 Å². The van der Waals surface area contributed by atoms with Gasteiger partial charge in [-0.2, -0.15) is 5.26 Å². The number of halogens is 1. The predicted octanol–water partition coefficient (Wildman–Crippen LogP) is 2.03. The summed E-state index contributed by atoms with van der Waals surface area (Å²) in [4.78, 5) is 17.7. The summed E-state index contributed by atoms with van der Waals surface area (Å²) in [6, 6.07) is 7.37. The zero-order valence-electron chi connectivity index (χ0n) is 9.71. The molecule has 0 aromatic carbocycles. The highest BCUT2D eigenvalue weighted by atomic mass is 35.5. The molecule has 0 bridgehead atoms. The van der Waals surface area contributed by atoms with Gasteiger partial charge in [0.15, 0.2) is 0 Å². The molecule has 92 valence electrons. The van der Waals surface area contributed by atoms with Crippen molar-refractivity contribution in [2.45, 2.75) is 6.42 Å². The highest BCUT2D eigenvalue weighted by Crippen LogP contribution is 2.27. The molecule has 18 heavy (non-hydrogen) atoms. The van der Waals surface area contributed by atoms with Gasteiger partial charge in [0.25, 0.3) is 0 Å². The lowest BCUT2D eigenvalue weighted by Crippen LogP contribution is -2.24. The number of aromatic nitrogens is 1. The van der Waals surface area contributed by atoms with Crippen LogP contribution in [0.4, 0.5) is 0 Å². The second-order valence-electron chi connectivity index (χ2n) is 4.10. The maximum absolute atomic E-state index is 11.9. The van der Waals surface area contributed by atoms with Gasteiger partial charge in [0.2, 0.25) is 5.91 Å². The molecule has 1 aromatic heterocycles. The Bertz CT molecular complexity index is 507. The molecule has 1 unspecified atom stereocenters. The van der Waals surface area contributed by atoms with Crippen LogP contribution in [0.3, 0.4) is 0 Å². The fraction of sp³-hybridized carbons (Fsp3) is 0.308. The second kappa shape index (κ2) is 5.65. The third kappa shape index (κ3) is 2.52. The Morgan fingerprint density at radius 3 is 3.06 bits per heavy atom. The van der Waals surface area contributed by atoms with Crippen molar-refractivity contribution in [2.75, 3.05) is 12.4 Å². The quantitative estimate of drug-likeness (QED) is 0.618. The van der Waals surface area contributed by atoms with E-state index in [1.807, 2.05) is 12.1 Å². The van der Waals surface area contributed by atoms with Crippen molar-refractivity contribution in [2.24, 2.45) is 5.92 Å². The van der Waals surface area contributed by atoms with Crippen LogP contribution in [-0.2, 0) is 4.79 Å². The molecule has 1 aliphatic rings. The van der Waals surface area contributed by atoms with Gasteiger partial charge < -0.3 is 4.90 Å². The van der Waals surface area contributed by atoms with Crippen molar-refractivity contribution in [1.29, 1.82) is 5.26 Å². The number of amides is 1. The molecule has 0 N–H and O–H groups in total. The second-order valence-corrected chi connectivity index (χ2v) is 4.41. The standard InChI is InChI=1S/C13H12ClN3O/c14-8-10-7-13(18)17(9-10)12(4-5-15)11-3-1-2-6-16-11/h1-4,6,10H,7-9H2. The Hall–Kier alpha value is -1.86. The van der Waals surface area contributed by atoms with E-state index in [0.29, 0.717) is 30.2 Å². The number of carbonyl (C=O) groups is 1. The van der Waals surface area contributed by atoms with E-state index in [1.165, 1.54) is 6.08 Å². The van der Waals surface area contributed by atoms with Crippen LogP contribution < -0.4 is 0 Å². The first-order valence-corrected chi connectivity index (χ1v) is 6.17. The Balaban J connectivity index is 2.31. The summed E-state index contributed by atoms with van der Waals surface area (Å²) >= 11 is 5.79. The molecule has 1 saturated heterocycles. The molecule has 0 saturated carbocycles. The van der Waals surface area contributed by atoms with E-state index in [1.54, 1.807) is 23.2 Å². The van der Waals surface area contributed by atoms with Gasteiger partial charge in [-0.3, -0.25) is 9.78 Å². The van der Waals surface area contributed by atoms with Crippen LogP contribution in [0.1, 0.15) is 12.1 Å². The minimum absolute atomic E-state index is 0.00666. The molecule has 2 rings (SSSR count). The molecule has 1 fully saturated rings. The van der Waals surface area contributed by atoms with Crippen LogP contribution in [0.15, 0.2) is 30.5 Å². The van der Waals surface area contributed by atoms with Crippen molar-refractivity contribution >= 4 is 23.2 Å². The summed E-state index contributed by atoms with van der Waals surface area (Å²) in [7, 11) is 0. The SMILES string of the molecule is N#CC=C(c1ccccn1)N1CC(CCl)CC1=O. The van der Waals surface area contributed by atoms with Gasteiger partial charge in [-0.25, -0.2) is 0 Å². The first-order valence-electron chi connectivity index (χ1n) is 5.63. The number of carbonyl (C=O) groups excluding carboxylic acids is 1. The summed E-state index contributed by atoms with van der Waals surface area (Å²) in [6.07, 6.45) is 3.43. The lowest BCUT2D eigenvalue weighted by molar-refractivity contribution is -0.125. The topological polar surface area (TPSA) is 57.0 Å². The largest absolute Gasteiger partial charge is 0.309 e. The minimum Gasteiger partial charge on any atom is -0.309 e. The fourth-order valence-electron chi connectivity index (χ4n) is 1.98. The number of likely N-dealkylation sites (tertiary alicyclic amines) is 1. The average molecular weight is 262 g/mol. The summed E-state index contributed by atoms with van der Waals surface area (Å²) < 4.78 is 0.